The van der Waals surface area contributed by atoms with E-state index in [-0.39, 0.29) is 21.2 Å². The lowest BCUT2D eigenvalue weighted by Gasteiger charge is -2.25. The normalized spacial score (nSPS) is 11.6. The van der Waals surface area contributed by atoms with E-state index in [2.05, 4.69) is 5.43 Å². The van der Waals surface area contributed by atoms with Crippen molar-refractivity contribution >= 4 is 41.0 Å². The molecule has 0 saturated carbocycles. The van der Waals surface area contributed by atoms with E-state index in [4.69, 9.17) is 33.0 Å². The van der Waals surface area contributed by atoms with Gasteiger partial charge in [-0.05, 0) is 37.3 Å². The predicted molar refractivity (Wildman–Crippen MR) is 100 cm³/mol. The second-order valence-corrected chi connectivity index (χ2v) is 6.28. The molecule has 0 heterocycles. The van der Waals surface area contributed by atoms with Crippen LogP contribution in [0.15, 0.2) is 42.5 Å². The number of aliphatic carboxylic acids is 1. The molecule has 2 aromatic carbocycles. The van der Waals surface area contributed by atoms with Crippen LogP contribution >= 0.6 is 23.2 Å². The number of hydrogen-bond acceptors (Lipinski definition) is 5. The highest BCUT2D eigenvalue weighted by atomic mass is 35.5. The molecule has 9 heteroatoms. The molecule has 0 aliphatic heterocycles. The lowest BCUT2D eigenvalue weighted by molar-refractivity contribution is -0.139. The summed E-state index contributed by atoms with van der Waals surface area (Å²) < 4.78 is 5.08. The van der Waals surface area contributed by atoms with Crippen LogP contribution < -0.4 is 10.2 Å². The van der Waals surface area contributed by atoms with Gasteiger partial charge in [-0.3, -0.25) is 14.4 Å². The van der Waals surface area contributed by atoms with Crippen molar-refractivity contribution in [2.24, 2.45) is 0 Å². The zero-order chi connectivity index (χ0) is 20.1. The Kier molecular flexibility index (Phi) is 6.79. The Bertz CT molecular complexity index is 868. The fourth-order valence-corrected chi connectivity index (χ4v) is 2.72. The topological polar surface area (TPSA) is 95.9 Å². The molecule has 7 nitrogen and oxygen atoms in total. The van der Waals surface area contributed by atoms with Crippen LogP contribution in [0.5, 0.6) is 5.75 Å². The van der Waals surface area contributed by atoms with Crippen LogP contribution in [0.3, 0.4) is 0 Å². The van der Waals surface area contributed by atoms with E-state index in [0.717, 1.165) is 0 Å². The van der Waals surface area contributed by atoms with Crippen LogP contribution in [0.25, 0.3) is 0 Å². The Hall–Kier alpha value is -2.61. The molecular formula is C18H16Cl2N2O5. The van der Waals surface area contributed by atoms with E-state index in [9.17, 15) is 14.4 Å². The summed E-state index contributed by atoms with van der Waals surface area (Å²) in [4.78, 5) is 37.1. The number of halogens is 2. The van der Waals surface area contributed by atoms with Gasteiger partial charge in [0.15, 0.2) is 0 Å². The molecule has 0 saturated heterocycles. The number of nitrogens with zero attached hydrogens (tertiary/aromatic N) is 1. The predicted octanol–water partition coefficient (Wildman–Crippen LogP) is 3.26. The summed E-state index contributed by atoms with van der Waals surface area (Å²) in [5.41, 5.74) is 2.37. The third-order valence-electron chi connectivity index (χ3n) is 3.59. The number of rotatable bonds is 6. The molecule has 0 fully saturated rings. The molecule has 0 aromatic heterocycles. The zero-order valence-electron chi connectivity index (χ0n) is 14.4. The minimum Gasteiger partial charge on any atom is -0.497 e. The summed E-state index contributed by atoms with van der Waals surface area (Å²) in [6.45, 7) is 1.29. The molecule has 27 heavy (non-hydrogen) atoms. The molecule has 2 amide bonds. The minimum atomic E-state index is -1.25. The number of carbonyl (C=O) groups is 3. The first-order valence-corrected chi connectivity index (χ1v) is 8.47. The van der Waals surface area contributed by atoms with E-state index >= 15 is 0 Å². The molecule has 142 valence electrons. The molecule has 0 aliphatic carbocycles. The van der Waals surface area contributed by atoms with Gasteiger partial charge in [0, 0.05) is 5.56 Å². The average Bonchev–Trinajstić information content (AvgIpc) is 2.65. The Morgan fingerprint density at radius 1 is 1.07 bits per heavy atom. The molecule has 0 radical (unpaired) electrons. The van der Waals surface area contributed by atoms with E-state index in [1.807, 2.05) is 0 Å². The number of hydrazine groups is 1. The van der Waals surface area contributed by atoms with Gasteiger partial charge in [0.2, 0.25) is 0 Å². The molecule has 2 aromatic rings. The summed E-state index contributed by atoms with van der Waals surface area (Å²) in [6, 6.07) is 9.27. The van der Waals surface area contributed by atoms with Crippen LogP contribution in [0.2, 0.25) is 10.0 Å². The van der Waals surface area contributed by atoms with Gasteiger partial charge in [0.25, 0.3) is 11.8 Å². The summed E-state index contributed by atoms with van der Waals surface area (Å²) in [7, 11) is 1.43. The zero-order valence-corrected chi connectivity index (χ0v) is 15.9. The van der Waals surface area contributed by atoms with Crippen LogP contribution in [-0.4, -0.2) is 41.1 Å². The van der Waals surface area contributed by atoms with E-state index in [1.54, 1.807) is 18.2 Å². The maximum atomic E-state index is 13.0. The molecule has 0 bridgehead atoms. The lowest BCUT2D eigenvalue weighted by atomic mass is 10.1. The molecule has 0 unspecified atom stereocenters. The number of amides is 2. The molecule has 0 spiro atoms. The molecule has 1 atom stereocenters. The second kappa shape index (κ2) is 8.85. The maximum absolute atomic E-state index is 13.0. The second-order valence-electron chi connectivity index (χ2n) is 5.46. The van der Waals surface area contributed by atoms with E-state index in [1.165, 1.54) is 38.3 Å². The molecular weight excluding hydrogens is 395 g/mol. The Morgan fingerprint density at radius 2 is 1.67 bits per heavy atom. The first kappa shape index (κ1) is 20.7. The number of nitrogens with one attached hydrogen (secondary N) is 1. The lowest BCUT2D eigenvalue weighted by Crippen LogP contribution is -2.53. The standard InChI is InChI=1S/C18H16Cl2N2O5/c1-10(18(25)26)21-22(16(23)11-5-3-6-12(9-11)27-2)17(24)15-13(19)7-4-8-14(15)20/h3-10,21H,1-2H3,(H,25,26)/t10-/m0/s1. The monoisotopic (exact) mass is 410 g/mol. The van der Waals surface area contributed by atoms with Crippen LogP contribution in [0.4, 0.5) is 0 Å². The van der Waals surface area contributed by atoms with Crippen molar-refractivity contribution in [2.45, 2.75) is 13.0 Å². The van der Waals surface area contributed by atoms with Crippen molar-refractivity contribution in [3.63, 3.8) is 0 Å². The highest BCUT2D eigenvalue weighted by molar-refractivity contribution is 6.40. The van der Waals surface area contributed by atoms with Crippen molar-refractivity contribution < 1.29 is 24.2 Å². The van der Waals surface area contributed by atoms with Gasteiger partial charge in [-0.1, -0.05) is 35.3 Å². The van der Waals surface area contributed by atoms with Crippen LogP contribution in [-0.2, 0) is 4.79 Å². The van der Waals surface area contributed by atoms with Gasteiger partial charge in [-0.15, -0.1) is 0 Å². The van der Waals surface area contributed by atoms with E-state index < -0.39 is 23.8 Å². The number of carbonyl (C=O) groups excluding carboxylic acids is 2. The largest absolute Gasteiger partial charge is 0.497 e. The summed E-state index contributed by atoms with van der Waals surface area (Å²) in [6.07, 6.45) is 0. The quantitative estimate of drug-likeness (QED) is 0.560. The smallest absolute Gasteiger partial charge is 0.322 e. The van der Waals surface area contributed by atoms with Crippen molar-refractivity contribution in [1.29, 1.82) is 0 Å². The van der Waals surface area contributed by atoms with Gasteiger partial charge in [-0.2, -0.15) is 0 Å². The highest BCUT2D eigenvalue weighted by Crippen LogP contribution is 2.26. The first-order valence-electron chi connectivity index (χ1n) is 7.72. The number of carboxylic acid groups (broad SMARTS) is 1. The number of imide groups is 1. The number of methoxy groups -OCH3 is 1. The third-order valence-corrected chi connectivity index (χ3v) is 4.22. The van der Waals surface area contributed by atoms with Gasteiger partial charge in [0.1, 0.15) is 11.8 Å². The van der Waals surface area contributed by atoms with Gasteiger partial charge < -0.3 is 9.84 Å². The maximum Gasteiger partial charge on any atom is 0.322 e. The number of ether oxygens (including phenoxy) is 1. The van der Waals surface area contributed by atoms with Crippen LogP contribution in [0, 0.1) is 0 Å². The molecule has 0 aliphatic rings. The third kappa shape index (κ3) is 4.77. The Balaban J connectivity index is 2.48. The molecule has 2 N–H and O–H groups in total. The molecule has 2 rings (SSSR count). The Morgan fingerprint density at radius 3 is 2.22 bits per heavy atom. The summed E-state index contributed by atoms with van der Waals surface area (Å²) in [5, 5.41) is 9.78. The first-order chi connectivity index (χ1) is 12.8. The van der Waals surface area contributed by atoms with Crippen molar-refractivity contribution in [1.82, 2.24) is 10.4 Å². The Labute approximate surface area is 165 Å². The summed E-state index contributed by atoms with van der Waals surface area (Å²) in [5.74, 6) is -2.53. The highest BCUT2D eigenvalue weighted by Gasteiger charge is 2.30. The van der Waals surface area contributed by atoms with E-state index in [0.29, 0.717) is 10.8 Å². The van der Waals surface area contributed by atoms with Gasteiger partial charge >= 0.3 is 5.97 Å². The number of benzene rings is 2. The van der Waals surface area contributed by atoms with Gasteiger partial charge in [0.05, 0.1) is 22.7 Å². The summed E-state index contributed by atoms with van der Waals surface area (Å²) >= 11 is 12.1. The van der Waals surface area contributed by atoms with Crippen molar-refractivity contribution in [3.05, 3.63) is 63.6 Å². The fourth-order valence-electron chi connectivity index (χ4n) is 2.16. The van der Waals surface area contributed by atoms with Crippen LogP contribution in [0.1, 0.15) is 27.6 Å². The van der Waals surface area contributed by atoms with Crippen molar-refractivity contribution in [3.8, 4) is 5.75 Å². The number of hydrogen-bond donors (Lipinski definition) is 2. The minimum absolute atomic E-state index is 0.0284. The van der Waals surface area contributed by atoms with Gasteiger partial charge in [-0.25, -0.2) is 10.4 Å². The SMILES string of the molecule is COc1cccc(C(=O)N(N[C@@H](C)C(=O)O)C(=O)c2c(Cl)cccc2Cl)c1. The number of carboxylic acids is 1. The average molecular weight is 411 g/mol. The van der Waals surface area contributed by atoms with Crippen molar-refractivity contribution in [2.75, 3.05) is 7.11 Å². The fraction of sp³-hybridized carbons (Fsp3) is 0.167.